The SMILES string of the molecule is CCCOCC(=O)Cc1ccco1. The molecule has 0 aliphatic carbocycles. The number of carbonyl (C=O) groups excluding carboxylic acids is 1. The van der Waals surface area contributed by atoms with Crippen LogP contribution in [0.1, 0.15) is 19.1 Å². The Kier molecular flexibility index (Phi) is 4.26. The van der Waals surface area contributed by atoms with E-state index in [2.05, 4.69) is 0 Å². The molecule has 13 heavy (non-hydrogen) atoms. The van der Waals surface area contributed by atoms with Gasteiger partial charge in [-0.3, -0.25) is 4.79 Å². The first-order chi connectivity index (χ1) is 6.33. The second-order valence-electron chi connectivity index (χ2n) is 2.85. The molecule has 0 radical (unpaired) electrons. The lowest BCUT2D eigenvalue weighted by Crippen LogP contribution is -2.11. The van der Waals surface area contributed by atoms with Gasteiger partial charge in [-0.15, -0.1) is 0 Å². The van der Waals surface area contributed by atoms with Crippen molar-refractivity contribution in [1.29, 1.82) is 0 Å². The highest BCUT2D eigenvalue weighted by atomic mass is 16.5. The van der Waals surface area contributed by atoms with Crippen LogP contribution in [0.2, 0.25) is 0 Å². The van der Waals surface area contributed by atoms with Crippen LogP contribution < -0.4 is 0 Å². The van der Waals surface area contributed by atoms with Gasteiger partial charge < -0.3 is 9.15 Å². The van der Waals surface area contributed by atoms with Crippen LogP contribution in [0, 0.1) is 0 Å². The summed E-state index contributed by atoms with van der Waals surface area (Å²) in [6, 6.07) is 3.56. The number of furan rings is 1. The average molecular weight is 182 g/mol. The second kappa shape index (κ2) is 5.54. The molecular formula is C10H14O3. The molecule has 0 unspecified atom stereocenters. The molecule has 0 saturated heterocycles. The molecular weight excluding hydrogens is 168 g/mol. The minimum Gasteiger partial charge on any atom is -0.469 e. The fourth-order valence-corrected chi connectivity index (χ4v) is 0.989. The number of carbonyl (C=O) groups is 1. The summed E-state index contributed by atoms with van der Waals surface area (Å²) in [5.41, 5.74) is 0. The first kappa shape index (κ1) is 9.99. The fraction of sp³-hybridized carbons (Fsp3) is 0.500. The van der Waals surface area contributed by atoms with Crippen LogP contribution in [0.25, 0.3) is 0 Å². The molecule has 0 fully saturated rings. The van der Waals surface area contributed by atoms with Crippen molar-refractivity contribution in [2.45, 2.75) is 19.8 Å². The molecule has 0 N–H and O–H groups in total. The van der Waals surface area contributed by atoms with E-state index in [-0.39, 0.29) is 12.4 Å². The summed E-state index contributed by atoms with van der Waals surface area (Å²) in [7, 11) is 0. The quantitative estimate of drug-likeness (QED) is 0.630. The maximum absolute atomic E-state index is 11.2. The highest BCUT2D eigenvalue weighted by Crippen LogP contribution is 2.01. The van der Waals surface area contributed by atoms with Crippen LogP contribution in [-0.2, 0) is 16.0 Å². The van der Waals surface area contributed by atoms with E-state index in [4.69, 9.17) is 9.15 Å². The Balaban J connectivity index is 2.18. The molecule has 3 nitrogen and oxygen atoms in total. The monoisotopic (exact) mass is 182 g/mol. The van der Waals surface area contributed by atoms with E-state index in [0.29, 0.717) is 18.8 Å². The number of hydrogen-bond donors (Lipinski definition) is 0. The summed E-state index contributed by atoms with van der Waals surface area (Å²) >= 11 is 0. The van der Waals surface area contributed by atoms with Crippen LogP contribution in [0.5, 0.6) is 0 Å². The first-order valence-corrected chi connectivity index (χ1v) is 4.44. The van der Waals surface area contributed by atoms with E-state index >= 15 is 0 Å². The Morgan fingerprint density at radius 3 is 3.08 bits per heavy atom. The number of Topliss-reactive ketones (excluding diaryl/α,β-unsaturated/α-hetero) is 1. The third-order valence-electron chi connectivity index (χ3n) is 1.56. The van der Waals surface area contributed by atoms with Crippen LogP contribution >= 0.6 is 0 Å². The lowest BCUT2D eigenvalue weighted by atomic mass is 10.2. The van der Waals surface area contributed by atoms with Gasteiger partial charge >= 0.3 is 0 Å². The smallest absolute Gasteiger partial charge is 0.165 e. The molecule has 1 heterocycles. The maximum Gasteiger partial charge on any atom is 0.165 e. The second-order valence-corrected chi connectivity index (χ2v) is 2.85. The van der Waals surface area contributed by atoms with Crippen LogP contribution in [-0.4, -0.2) is 19.0 Å². The van der Waals surface area contributed by atoms with Gasteiger partial charge in [0.1, 0.15) is 12.4 Å². The first-order valence-electron chi connectivity index (χ1n) is 4.44. The Bertz CT molecular complexity index is 239. The third kappa shape index (κ3) is 3.90. The molecule has 0 spiro atoms. The molecule has 0 aliphatic heterocycles. The van der Waals surface area contributed by atoms with Gasteiger partial charge in [0.2, 0.25) is 0 Å². The van der Waals surface area contributed by atoms with Crippen LogP contribution in [0.3, 0.4) is 0 Å². The minimum atomic E-state index is 0.0587. The molecule has 3 heteroatoms. The van der Waals surface area contributed by atoms with Crippen LogP contribution in [0.4, 0.5) is 0 Å². The van der Waals surface area contributed by atoms with Crippen LogP contribution in [0.15, 0.2) is 22.8 Å². The minimum absolute atomic E-state index is 0.0587. The molecule has 1 aromatic rings. The molecule has 72 valence electrons. The largest absolute Gasteiger partial charge is 0.469 e. The van der Waals surface area contributed by atoms with Gasteiger partial charge in [0.15, 0.2) is 5.78 Å². The highest BCUT2D eigenvalue weighted by molar-refractivity contribution is 5.81. The third-order valence-corrected chi connectivity index (χ3v) is 1.56. The normalized spacial score (nSPS) is 10.2. The predicted molar refractivity (Wildman–Crippen MR) is 48.5 cm³/mol. The Labute approximate surface area is 77.7 Å². The van der Waals surface area contributed by atoms with E-state index in [9.17, 15) is 4.79 Å². The lowest BCUT2D eigenvalue weighted by Gasteiger charge is -1.99. The van der Waals surface area contributed by atoms with Gasteiger partial charge in [0.25, 0.3) is 0 Å². The molecule has 0 bridgehead atoms. The molecule has 1 rings (SSSR count). The zero-order valence-corrected chi connectivity index (χ0v) is 7.79. The van der Waals surface area contributed by atoms with Gasteiger partial charge in [-0.05, 0) is 18.6 Å². The average Bonchev–Trinajstić information content (AvgIpc) is 2.57. The van der Waals surface area contributed by atoms with Gasteiger partial charge in [-0.25, -0.2) is 0 Å². The van der Waals surface area contributed by atoms with Crippen molar-refractivity contribution < 1.29 is 13.9 Å². The van der Waals surface area contributed by atoms with Gasteiger partial charge in [-0.1, -0.05) is 6.92 Å². The number of rotatable bonds is 6. The maximum atomic E-state index is 11.2. The van der Waals surface area contributed by atoms with Crippen molar-refractivity contribution in [3.8, 4) is 0 Å². The van der Waals surface area contributed by atoms with E-state index in [1.807, 2.05) is 6.92 Å². The number of ether oxygens (including phenoxy) is 1. The Hall–Kier alpha value is -1.09. The van der Waals surface area contributed by atoms with Crippen molar-refractivity contribution in [2.24, 2.45) is 0 Å². The number of hydrogen-bond acceptors (Lipinski definition) is 3. The van der Waals surface area contributed by atoms with Crippen molar-refractivity contribution in [1.82, 2.24) is 0 Å². The Morgan fingerprint density at radius 2 is 2.46 bits per heavy atom. The summed E-state index contributed by atoms with van der Waals surface area (Å²) in [6.07, 6.45) is 2.83. The zero-order chi connectivity index (χ0) is 9.52. The number of ketones is 1. The van der Waals surface area contributed by atoms with Crippen molar-refractivity contribution in [3.63, 3.8) is 0 Å². The summed E-state index contributed by atoms with van der Waals surface area (Å²) in [4.78, 5) is 11.2. The fourth-order valence-electron chi connectivity index (χ4n) is 0.989. The topological polar surface area (TPSA) is 39.4 Å². The van der Waals surface area contributed by atoms with E-state index in [1.165, 1.54) is 0 Å². The molecule has 1 aromatic heterocycles. The summed E-state index contributed by atoms with van der Waals surface area (Å²) in [5, 5.41) is 0. The molecule has 0 aromatic carbocycles. The zero-order valence-electron chi connectivity index (χ0n) is 7.79. The molecule has 0 aliphatic rings. The Morgan fingerprint density at radius 1 is 1.62 bits per heavy atom. The predicted octanol–water partition coefficient (Wildman–Crippen LogP) is 1.82. The van der Waals surface area contributed by atoms with Crippen molar-refractivity contribution in [3.05, 3.63) is 24.2 Å². The summed E-state index contributed by atoms with van der Waals surface area (Å²) in [5.74, 6) is 0.758. The van der Waals surface area contributed by atoms with E-state index in [1.54, 1.807) is 18.4 Å². The van der Waals surface area contributed by atoms with Crippen molar-refractivity contribution in [2.75, 3.05) is 13.2 Å². The summed E-state index contributed by atoms with van der Waals surface area (Å²) in [6.45, 7) is 2.84. The summed E-state index contributed by atoms with van der Waals surface area (Å²) < 4.78 is 10.1. The molecule has 0 amide bonds. The van der Waals surface area contributed by atoms with Crippen molar-refractivity contribution >= 4 is 5.78 Å². The van der Waals surface area contributed by atoms with Gasteiger partial charge in [0.05, 0.1) is 12.7 Å². The highest BCUT2D eigenvalue weighted by Gasteiger charge is 2.05. The molecule has 0 saturated carbocycles. The van der Waals surface area contributed by atoms with Gasteiger partial charge in [0, 0.05) is 6.61 Å². The van der Waals surface area contributed by atoms with Gasteiger partial charge in [-0.2, -0.15) is 0 Å². The van der Waals surface area contributed by atoms with E-state index < -0.39 is 0 Å². The molecule has 0 atom stereocenters. The van der Waals surface area contributed by atoms with E-state index in [0.717, 1.165) is 6.42 Å². The lowest BCUT2D eigenvalue weighted by molar-refractivity contribution is -0.123. The standard InChI is InChI=1S/C10H14O3/c1-2-5-12-8-9(11)7-10-4-3-6-13-10/h3-4,6H,2,5,7-8H2,1H3.